The zero-order chi connectivity index (χ0) is 11.6. The Morgan fingerprint density at radius 3 is 2.69 bits per heavy atom. The normalized spacial score (nSPS) is 18.8. The summed E-state index contributed by atoms with van der Waals surface area (Å²) >= 11 is 1.79. The Balaban J connectivity index is 2.23. The second-order valence-corrected chi connectivity index (χ2v) is 6.74. The van der Waals surface area contributed by atoms with Gasteiger partial charge < -0.3 is 10.7 Å². The summed E-state index contributed by atoms with van der Waals surface area (Å²) in [5.41, 5.74) is 6.18. The number of aromatic amines is 1. The molecular weight excluding hydrogens is 246 g/mol. The van der Waals surface area contributed by atoms with Gasteiger partial charge in [-0.05, 0) is 6.07 Å². The van der Waals surface area contributed by atoms with Crippen LogP contribution in [0.1, 0.15) is 5.69 Å². The largest absolute Gasteiger partial charge is 0.363 e. The molecule has 2 heterocycles. The van der Waals surface area contributed by atoms with Crippen LogP contribution in [0.2, 0.25) is 0 Å². The highest BCUT2D eigenvalue weighted by Crippen LogP contribution is 2.20. The first kappa shape index (κ1) is 12.0. The lowest BCUT2D eigenvalue weighted by Gasteiger charge is -2.24. The first-order chi connectivity index (χ1) is 7.64. The number of nitrogens with one attached hydrogen (secondary N) is 1. The van der Waals surface area contributed by atoms with Crippen LogP contribution in [0.3, 0.4) is 0 Å². The third kappa shape index (κ3) is 2.27. The quantitative estimate of drug-likeness (QED) is 0.815. The average Bonchev–Trinajstić information content (AvgIpc) is 2.79. The van der Waals surface area contributed by atoms with E-state index < -0.39 is 10.0 Å². The molecule has 5 nitrogen and oxygen atoms in total. The van der Waals surface area contributed by atoms with E-state index in [4.69, 9.17) is 5.73 Å². The van der Waals surface area contributed by atoms with Crippen molar-refractivity contribution in [3.8, 4) is 0 Å². The minimum absolute atomic E-state index is 0.319. The standard InChI is InChI=1S/C9H15N3O2S2/c10-6-8-5-9(7-11-8)16(13,14)12-1-3-15-4-2-12/h5,7,11H,1-4,6,10H2. The van der Waals surface area contributed by atoms with Crippen LogP contribution in [0.5, 0.6) is 0 Å². The Labute approximate surface area is 99.4 Å². The molecule has 1 saturated heterocycles. The smallest absolute Gasteiger partial charge is 0.244 e. The average molecular weight is 261 g/mol. The van der Waals surface area contributed by atoms with Crippen molar-refractivity contribution in [2.24, 2.45) is 5.73 Å². The highest BCUT2D eigenvalue weighted by atomic mass is 32.2. The summed E-state index contributed by atoms with van der Waals surface area (Å²) in [6.45, 7) is 1.51. The van der Waals surface area contributed by atoms with Crippen LogP contribution in [-0.4, -0.2) is 42.3 Å². The van der Waals surface area contributed by atoms with Crippen LogP contribution in [-0.2, 0) is 16.6 Å². The summed E-state index contributed by atoms with van der Waals surface area (Å²) in [5, 5.41) is 0. The van der Waals surface area contributed by atoms with Gasteiger partial charge >= 0.3 is 0 Å². The molecule has 0 bridgehead atoms. The van der Waals surface area contributed by atoms with Crippen LogP contribution in [0.4, 0.5) is 0 Å². The van der Waals surface area contributed by atoms with Crippen molar-refractivity contribution in [2.75, 3.05) is 24.6 Å². The molecule has 1 aliphatic rings. The summed E-state index contributed by atoms with van der Waals surface area (Å²) in [5.74, 6) is 1.74. The van der Waals surface area contributed by atoms with Gasteiger partial charge in [-0.15, -0.1) is 0 Å². The Bertz CT molecular complexity index is 449. The van der Waals surface area contributed by atoms with Gasteiger partial charge in [0, 0.05) is 43.0 Å². The third-order valence-corrected chi connectivity index (χ3v) is 5.36. The number of nitrogens with zero attached hydrogens (tertiary/aromatic N) is 1. The Morgan fingerprint density at radius 2 is 2.12 bits per heavy atom. The summed E-state index contributed by atoms with van der Waals surface area (Å²) in [6, 6.07) is 1.61. The van der Waals surface area contributed by atoms with Gasteiger partial charge in [-0.3, -0.25) is 0 Å². The van der Waals surface area contributed by atoms with Crippen molar-refractivity contribution in [3.63, 3.8) is 0 Å². The van der Waals surface area contributed by atoms with Crippen LogP contribution < -0.4 is 5.73 Å². The van der Waals surface area contributed by atoms with E-state index in [1.165, 1.54) is 10.5 Å². The highest BCUT2D eigenvalue weighted by Gasteiger charge is 2.26. The Kier molecular flexibility index (Phi) is 3.58. The number of thioether (sulfide) groups is 1. The first-order valence-corrected chi connectivity index (χ1v) is 7.69. The minimum Gasteiger partial charge on any atom is -0.363 e. The minimum atomic E-state index is -3.32. The molecule has 3 N–H and O–H groups in total. The maximum absolute atomic E-state index is 12.2. The van der Waals surface area contributed by atoms with Crippen molar-refractivity contribution in [3.05, 3.63) is 18.0 Å². The molecule has 0 aromatic carbocycles. The molecule has 16 heavy (non-hydrogen) atoms. The number of rotatable bonds is 3. The molecule has 0 spiro atoms. The van der Waals surface area contributed by atoms with Gasteiger partial charge in [0.2, 0.25) is 10.0 Å². The molecule has 1 aliphatic heterocycles. The monoisotopic (exact) mass is 261 g/mol. The summed E-state index contributed by atoms with van der Waals surface area (Å²) in [4.78, 5) is 3.18. The van der Waals surface area contributed by atoms with E-state index >= 15 is 0 Å². The molecule has 0 atom stereocenters. The van der Waals surface area contributed by atoms with Crippen LogP contribution in [0.25, 0.3) is 0 Å². The van der Waals surface area contributed by atoms with Gasteiger partial charge in [-0.1, -0.05) is 0 Å². The van der Waals surface area contributed by atoms with Crippen molar-refractivity contribution < 1.29 is 8.42 Å². The molecule has 7 heteroatoms. The van der Waals surface area contributed by atoms with E-state index in [1.807, 2.05) is 0 Å². The van der Waals surface area contributed by atoms with Gasteiger partial charge in [0.05, 0.1) is 4.90 Å². The van der Waals surface area contributed by atoms with Gasteiger partial charge in [0.1, 0.15) is 0 Å². The molecule has 90 valence electrons. The highest BCUT2D eigenvalue weighted by molar-refractivity contribution is 7.99. The van der Waals surface area contributed by atoms with E-state index in [0.717, 1.165) is 17.2 Å². The molecule has 1 aromatic heterocycles. The summed E-state index contributed by atoms with van der Waals surface area (Å²) in [7, 11) is -3.32. The van der Waals surface area contributed by atoms with Crippen molar-refractivity contribution in [2.45, 2.75) is 11.4 Å². The Hall–Kier alpha value is -0.500. The molecule has 0 amide bonds. The lowest BCUT2D eigenvalue weighted by atomic mass is 10.4. The third-order valence-electron chi connectivity index (χ3n) is 2.54. The second-order valence-electron chi connectivity index (χ2n) is 3.58. The Morgan fingerprint density at radius 1 is 1.44 bits per heavy atom. The second kappa shape index (κ2) is 4.79. The number of hydrogen-bond acceptors (Lipinski definition) is 4. The molecule has 0 saturated carbocycles. The molecule has 0 radical (unpaired) electrons. The van der Waals surface area contributed by atoms with Gasteiger partial charge in [-0.25, -0.2) is 8.42 Å². The summed E-state index contributed by atoms with van der Waals surface area (Å²) < 4.78 is 25.9. The van der Waals surface area contributed by atoms with Crippen LogP contribution in [0.15, 0.2) is 17.2 Å². The van der Waals surface area contributed by atoms with Crippen LogP contribution >= 0.6 is 11.8 Å². The molecule has 2 rings (SSSR count). The van der Waals surface area contributed by atoms with Crippen LogP contribution in [0, 0.1) is 0 Å². The SMILES string of the molecule is NCc1cc(S(=O)(=O)N2CCSCC2)c[nH]1. The maximum atomic E-state index is 12.2. The predicted molar refractivity (Wildman–Crippen MR) is 64.8 cm³/mol. The lowest BCUT2D eigenvalue weighted by molar-refractivity contribution is 0.443. The zero-order valence-electron chi connectivity index (χ0n) is 8.85. The van der Waals surface area contributed by atoms with Crippen molar-refractivity contribution >= 4 is 21.8 Å². The molecular formula is C9H15N3O2S2. The molecule has 1 fully saturated rings. The van der Waals surface area contributed by atoms with Gasteiger partial charge in [0.25, 0.3) is 0 Å². The fourth-order valence-electron chi connectivity index (χ4n) is 1.62. The fraction of sp³-hybridized carbons (Fsp3) is 0.556. The van der Waals surface area contributed by atoms with E-state index in [1.54, 1.807) is 17.8 Å². The zero-order valence-corrected chi connectivity index (χ0v) is 10.5. The maximum Gasteiger partial charge on any atom is 0.244 e. The van der Waals surface area contributed by atoms with Gasteiger partial charge in [0.15, 0.2) is 0 Å². The molecule has 0 unspecified atom stereocenters. The predicted octanol–water partition coefficient (Wildman–Crippen LogP) is 0.211. The number of sulfonamides is 1. The number of nitrogens with two attached hydrogens (primary N) is 1. The van der Waals surface area contributed by atoms with E-state index in [2.05, 4.69) is 4.98 Å². The van der Waals surface area contributed by atoms with Crippen molar-refractivity contribution in [1.29, 1.82) is 0 Å². The molecule has 0 aliphatic carbocycles. The number of aromatic nitrogens is 1. The van der Waals surface area contributed by atoms with Crippen molar-refractivity contribution in [1.82, 2.24) is 9.29 Å². The summed E-state index contributed by atoms with van der Waals surface area (Å²) in [6.07, 6.45) is 1.51. The van der Waals surface area contributed by atoms with E-state index in [0.29, 0.717) is 24.5 Å². The number of H-pyrrole nitrogens is 1. The fourth-order valence-corrected chi connectivity index (χ4v) is 4.22. The lowest BCUT2D eigenvalue weighted by Crippen LogP contribution is -2.37. The van der Waals surface area contributed by atoms with Gasteiger partial charge in [-0.2, -0.15) is 16.1 Å². The first-order valence-electron chi connectivity index (χ1n) is 5.10. The van der Waals surface area contributed by atoms with E-state index in [9.17, 15) is 8.42 Å². The number of hydrogen-bond donors (Lipinski definition) is 2. The molecule has 1 aromatic rings. The topological polar surface area (TPSA) is 79.2 Å². The van der Waals surface area contributed by atoms with E-state index in [-0.39, 0.29) is 0 Å².